The predicted molar refractivity (Wildman–Crippen MR) is 90.3 cm³/mol. The maximum Gasteiger partial charge on any atom is 0.307 e. The number of hydrogen-bond donors (Lipinski definition) is 0. The zero-order chi connectivity index (χ0) is 17.5. The van der Waals surface area contributed by atoms with Gasteiger partial charge in [0, 0.05) is 13.8 Å². The first-order chi connectivity index (χ1) is 10.7. The number of hydrogen-bond acceptors (Lipinski definition) is 4. The third kappa shape index (κ3) is 6.85. The van der Waals surface area contributed by atoms with Crippen molar-refractivity contribution in [2.75, 3.05) is 0 Å². The summed E-state index contributed by atoms with van der Waals surface area (Å²) in [5.74, 6) is -0.306. The number of allylic oxidation sites excluding steroid dienone is 3. The van der Waals surface area contributed by atoms with E-state index < -0.39 is 0 Å². The highest BCUT2D eigenvalue weighted by atomic mass is 16.5. The van der Waals surface area contributed by atoms with Crippen LogP contribution in [0.4, 0.5) is 0 Å². The van der Waals surface area contributed by atoms with Gasteiger partial charge in [0.2, 0.25) is 0 Å². The van der Waals surface area contributed by atoms with E-state index in [1.165, 1.54) is 44.8 Å². The SMILES string of the molecule is C=C1CCCC(C)(C)[C@H]1CCC(/C=C/OC(C)=O)=C\OC(C)=O. The van der Waals surface area contributed by atoms with Gasteiger partial charge >= 0.3 is 11.9 Å². The van der Waals surface area contributed by atoms with Gasteiger partial charge in [0.25, 0.3) is 0 Å². The van der Waals surface area contributed by atoms with Crippen molar-refractivity contribution in [3.8, 4) is 0 Å². The molecule has 1 rings (SSSR count). The third-order valence-corrected chi connectivity index (χ3v) is 4.37. The van der Waals surface area contributed by atoms with E-state index in [1.54, 1.807) is 6.08 Å². The van der Waals surface area contributed by atoms with Crippen LogP contribution >= 0.6 is 0 Å². The molecule has 0 aromatic rings. The molecule has 0 aliphatic heterocycles. The van der Waals surface area contributed by atoms with Crippen molar-refractivity contribution in [3.63, 3.8) is 0 Å². The minimum Gasteiger partial charge on any atom is -0.435 e. The Labute approximate surface area is 139 Å². The van der Waals surface area contributed by atoms with Crippen molar-refractivity contribution in [3.05, 3.63) is 36.3 Å². The Balaban J connectivity index is 2.74. The third-order valence-electron chi connectivity index (χ3n) is 4.37. The van der Waals surface area contributed by atoms with Crippen LogP contribution in [-0.4, -0.2) is 11.9 Å². The monoisotopic (exact) mass is 320 g/mol. The number of rotatable bonds is 6. The van der Waals surface area contributed by atoms with Gasteiger partial charge in [0.15, 0.2) is 0 Å². The lowest BCUT2D eigenvalue weighted by molar-refractivity contribution is -0.136. The normalized spacial score (nSPS) is 21.3. The summed E-state index contributed by atoms with van der Waals surface area (Å²) in [5.41, 5.74) is 2.36. The van der Waals surface area contributed by atoms with Crippen molar-refractivity contribution in [2.24, 2.45) is 11.3 Å². The van der Waals surface area contributed by atoms with Crippen LogP contribution in [0.3, 0.4) is 0 Å². The van der Waals surface area contributed by atoms with Crippen molar-refractivity contribution < 1.29 is 19.1 Å². The molecule has 0 N–H and O–H groups in total. The molecule has 0 saturated heterocycles. The minimum atomic E-state index is -0.380. The molecular formula is C19H28O4. The quantitative estimate of drug-likeness (QED) is 0.309. The van der Waals surface area contributed by atoms with E-state index in [-0.39, 0.29) is 17.4 Å². The van der Waals surface area contributed by atoms with Gasteiger partial charge in [-0.25, -0.2) is 0 Å². The molecular weight excluding hydrogens is 292 g/mol. The molecule has 4 heteroatoms. The van der Waals surface area contributed by atoms with Crippen LogP contribution in [0.1, 0.15) is 59.8 Å². The number of esters is 2. The van der Waals surface area contributed by atoms with E-state index in [2.05, 4.69) is 20.4 Å². The number of ether oxygens (including phenoxy) is 2. The fourth-order valence-electron chi connectivity index (χ4n) is 3.14. The molecule has 0 aromatic heterocycles. The maximum absolute atomic E-state index is 11.0. The number of carbonyl (C=O) groups is 2. The van der Waals surface area contributed by atoms with Gasteiger partial charge in [-0.2, -0.15) is 0 Å². The summed E-state index contributed by atoms with van der Waals surface area (Å²) < 4.78 is 9.78. The average molecular weight is 320 g/mol. The molecule has 1 aliphatic carbocycles. The number of carbonyl (C=O) groups excluding carboxylic acids is 2. The van der Waals surface area contributed by atoms with Crippen LogP contribution < -0.4 is 0 Å². The van der Waals surface area contributed by atoms with Crippen molar-refractivity contribution in [2.45, 2.75) is 59.8 Å². The molecule has 0 spiro atoms. The Bertz CT molecular complexity index is 511. The highest BCUT2D eigenvalue weighted by Crippen LogP contribution is 2.45. The lowest BCUT2D eigenvalue weighted by Gasteiger charge is -2.40. The highest BCUT2D eigenvalue weighted by molar-refractivity contribution is 5.67. The maximum atomic E-state index is 11.0. The molecule has 0 aromatic carbocycles. The minimum absolute atomic E-state index is 0.238. The van der Waals surface area contributed by atoms with Crippen molar-refractivity contribution in [1.29, 1.82) is 0 Å². The Morgan fingerprint density at radius 3 is 2.48 bits per heavy atom. The molecule has 23 heavy (non-hydrogen) atoms. The van der Waals surface area contributed by atoms with E-state index in [0.717, 1.165) is 24.8 Å². The first-order valence-corrected chi connectivity index (χ1v) is 8.10. The van der Waals surface area contributed by atoms with E-state index in [9.17, 15) is 9.59 Å². The standard InChI is InChI=1S/C19H28O4/c1-14-7-6-11-19(4,5)18(14)9-8-17(13-23-16(3)21)10-12-22-15(2)20/h10,12-13,18H,1,6-9,11H2,2-5H3/b12-10+,17-13+/t18-/m0/s1. The topological polar surface area (TPSA) is 52.6 Å². The van der Waals surface area contributed by atoms with Crippen LogP contribution in [0.25, 0.3) is 0 Å². The molecule has 0 unspecified atom stereocenters. The zero-order valence-corrected chi connectivity index (χ0v) is 14.7. The van der Waals surface area contributed by atoms with Gasteiger partial charge in [0.05, 0.1) is 12.5 Å². The van der Waals surface area contributed by atoms with Crippen LogP contribution in [0, 0.1) is 11.3 Å². The molecule has 1 atom stereocenters. The Morgan fingerprint density at radius 1 is 1.26 bits per heavy atom. The fraction of sp³-hybridized carbons (Fsp3) is 0.579. The summed E-state index contributed by atoms with van der Waals surface area (Å²) in [5, 5.41) is 0. The van der Waals surface area contributed by atoms with Crippen LogP contribution in [-0.2, 0) is 19.1 Å². The van der Waals surface area contributed by atoms with Crippen molar-refractivity contribution >= 4 is 11.9 Å². The second-order valence-electron chi connectivity index (χ2n) is 6.81. The van der Waals surface area contributed by atoms with E-state index in [4.69, 9.17) is 9.47 Å². The second-order valence-corrected chi connectivity index (χ2v) is 6.81. The smallest absolute Gasteiger partial charge is 0.307 e. The predicted octanol–water partition coefficient (Wildman–Crippen LogP) is 4.67. The summed E-state index contributed by atoms with van der Waals surface area (Å²) in [6.07, 6.45) is 9.58. The molecule has 0 amide bonds. The van der Waals surface area contributed by atoms with Gasteiger partial charge in [-0.05, 0) is 55.1 Å². The van der Waals surface area contributed by atoms with Crippen LogP contribution in [0.2, 0.25) is 0 Å². The molecule has 128 valence electrons. The molecule has 1 fully saturated rings. The average Bonchev–Trinajstić information content (AvgIpc) is 2.42. The molecule has 0 radical (unpaired) electrons. The van der Waals surface area contributed by atoms with Gasteiger partial charge in [0.1, 0.15) is 0 Å². The van der Waals surface area contributed by atoms with Gasteiger partial charge in [-0.1, -0.05) is 26.0 Å². The first kappa shape index (κ1) is 19.2. The van der Waals surface area contributed by atoms with Gasteiger partial charge < -0.3 is 9.47 Å². The summed E-state index contributed by atoms with van der Waals surface area (Å²) in [6, 6.07) is 0. The van der Waals surface area contributed by atoms with Gasteiger partial charge in [-0.15, -0.1) is 0 Å². The van der Waals surface area contributed by atoms with E-state index in [1.807, 2.05) is 0 Å². The Hall–Kier alpha value is -1.84. The summed E-state index contributed by atoms with van der Waals surface area (Å²) in [7, 11) is 0. The second kappa shape index (κ2) is 8.70. The van der Waals surface area contributed by atoms with Gasteiger partial charge in [-0.3, -0.25) is 9.59 Å². The molecule has 1 aliphatic rings. The fourth-order valence-corrected chi connectivity index (χ4v) is 3.14. The lowest BCUT2D eigenvalue weighted by atomic mass is 9.65. The summed E-state index contributed by atoms with van der Waals surface area (Å²) in [4.78, 5) is 21.8. The lowest BCUT2D eigenvalue weighted by Crippen LogP contribution is -2.29. The summed E-state index contributed by atoms with van der Waals surface area (Å²) >= 11 is 0. The zero-order valence-electron chi connectivity index (χ0n) is 14.7. The van der Waals surface area contributed by atoms with Crippen LogP contribution in [0.5, 0.6) is 0 Å². The van der Waals surface area contributed by atoms with E-state index >= 15 is 0 Å². The van der Waals surface area contributed by atoms with Crippen molar-refractivity contribution in [1.82, 2.24) is 0 Å². The summed E-state index contributed by atoms with van der Waals surface area (Å²) in [6.45, 7) is 11.5. The Kier molecular flexibility index (Phi) is 7.27. The molecule has 0 heterocycles. The highest BCUT2D eigenvalue weighted by Gasteiger charge is 2.33. The molecule has 0 bridgehead atoms. The Morgan fingerprint density at radius 2 is 1.91 bits per heavy atom. The van der Waals surface area contributed by atoms with E-state index in [0.29, 0.717) is 5.92 Å². The largest absolute Gasteiger partial charge is 0.435 e. The molecule has 1 saturated carbocycles. The molecule has 4 nitrogen and oxygen atoms in total. The first-order valence-electron chi connectivity index (χ1n) is 8.10. The van der Waals surface area contributed by atoms with Crippen LogP contribution in [0.15, 0.2) is 36.3 Å².